The number of carbonyl (C=O) groups is 2. The van der Waals surface area contributed by atoms with Crippen LogP contribution in [0.4, 0.5) is 0 Å². The fourth-order valence-electron chi connectivity index (χ4n) is 1.85. The van der Waals surface area contributed by atoms with Gasteiger partial charge in [0.25, 0.3) is 0 Å². The molecule has 21 heavy (non-hydrogen) atoms. The number of aliphatic carboxylic acids is 1. The lowest BCUT2D eigenvalue weighted by Crippen LogP contribution is -2.42. The van der Waals surface area contributed by atoms with Crippen LogP contribution in [-0.2, 0) is 16.0 Å². The first-order valence-corrected chi connectivity index (χ1v) is 6.76. The summed E-state index contributed by atoms with van der Waals surface area (Å²) in [6, 6.07) is 5.25. The van der Waals surface area contributed by atoms with Gasteiger partial charge in [-0.15, -0.1) is 12.3 Å². The molecule has 0 bridgehead atoms. The first-order chi connectivity index (χ1) is 10.0. The number of aromatic hydroxyl groups is 1. The zero-order chi connectivity index (χ0) is 15.7. The number of carbonyl (C=O) groups excluding carboxylic acids is 1. The van der Waals surface area contributed by atoms with Gasteiger partial charge in [0.2, 0.25) is 5.91 Å². The minimum absolute atomic E-state index is 0.114. The monoisotopic (exact) mass is 289 g/mol. The number of carboxylic acids is 1. The Bertz CT molecular complexity index is 516. The van der Waals surface area contributed by atoms with Crippen LogP contribution in [0.25, 0.3) is 0 Å². The third-order valence-corrected chi connectivity index (χ3v) is 2.98. The van der Waals surface area contributed by atoms with E-state index < -0.39 is 12.0 Å². The molecule has 1 aromatic carbocycles. The van der Waals surface area contributed by atoms with Crippen molar-refractivity contribution < 1.29 is 19.8 Å². The number of rotatable bonds is 8. The fraction of sp³-hybridized carbons (Fsp3) is 0.375. The summed E-state index contributed by atoms with van der Waals surface area (Å²) in [6.07, 6.45) is 7.56. The molecule has 0 radical (unpaired) electrons. The lowest BCUT2D eigenvalue weighted by Gasteiger charge is -2.14. The molecule has 0 fully saturated rings. The average Bonchev–Trinajstić information content (AvgIpc) is 2.45. The van der Waals surface area contributed by atoms with Gasteiger partial charge in [0.1, 0.15) is 11.8 Å². The van der Waals surface area contributed by atoms with Gasteiger partial charge in [0.05, 0.1) is 0 Å². The molecule has 0 heterocycles. The maximum atomic E-state index is 11.7. The van der Waals surface area contributed by atoms with Crippen LogP contribution in [-0.4, -0.2) is 28.1 Å². The molecule has 1 atom stereocenters. The van der Waals surface area contributed by atoms with Crippen molar-refractivity contribution in [2.75, 3.05) is 0 Å². The van der Waals surface area contributed by atoms with Gasteiger partial charge in [-0.1, -0.05) is 12.1 Å². The second-order valence-electron chi connectivity index (χ2n) is 4.74. The molecular formula is C16H19NO4. The minimum atomic E-state index is -1.08. The maximum absolute atomic E-state index is 11.7. The van der Waals surface area contributed by atoms with E-state index in [1.807, 2.05) is 0 Å². The zero-order valence-corrected chi connectivity index (χ0v) is 11.7. The highest BCUT2D eigenvalue weighted by atomic mass is 16.4. The Morgan fingerprint density at radius 2 is 1.90 bits per heavy atom. The third-order valence-electron chi connectivity index (χ3n) is 2.98. The van der Waals surface area contributed by atoms with E-state index in [0.717, 1.165) is 12.0 Å². The van der Waals surface area contributed by atoms with E-state index in [0.29, 0.717) is 12.8 Å². The smallest absolute Gasteiger partial charge is 0.326 e. The van der Waals surface area contributed by atoms with E-state index in [2.05, 4.69) is 11.2 Å². The van der Waals surface area contributed by atoms with Crippen molar-refractivity contribution in [3.8, 4) is 18.1 Å². The summed E-state index contributed by atoms with van der Waals surface area (Å²) in [5.41, 5.74) is 0.729. The first kappa shape index (κ1) is 16.6. The molecule has 0 saturated carbocycles. The van der Waals surface area contributed by atoms with Crippen LogP contribution in [0, 0.1) is 12.3 Å². The molecule has 5 nitrogen and oxygen atoms in total. The Morgan fingerprint density at radius 3 is 2.48 bits per heavy atom. The van der Waals surface area contributed by atoms with Crippen molar-refractivity contribution in [1.82, 2.24) is 5.32 Å². The third kappa shape index (κ3) is 6.48. The summed E-state index contributed by atoms with van der Waals surface area (Å²) in [4.78, 5) is 22.9. The summed E-state index contributed by atoms with van der Waals surface area (Å²) in [7, 11) is 0. The molecule has 0 spiro atoms. The molecule has 0 aromatic heterocycles. The highest BCUT2D eigenvalue weighted by Gasteiger charge is 2.20. The number of phenolic OH excluding ortho intramolecular Hbond substituents is 1. The van der Waals surface area contributed by atoms with Crippen LogP contribution in [0.15, 0.2) is 24.3 Å². The second-order valence-corrected chi connectivity index (χ2v) is 4.74. The molecule has 1 aromatic rings. The van der Waals surface area contributed by atoms with Crippen LogP contribution in [0.3, 0.4) is 0 Å². The number of hydrogen-bond donors (Lipinski definition) is 3. The second kappa shape index (κ2) is 8.64. The van der Waals surface area contributed by atoms with Crippen molar-refractivity contribution in [2.24, 2.45) is 0 Å². The number of amides is 1. The summed E-state index contributed by atoms with van der Waals surface area (Å²) < 4.78 is 0. The van der Waals surface area contributed by atoms with Crippen molar-refractivity contribution in [1.29, 1.82) is 0 Å². The quantitative estimate of drug-likeness (QED) is 0.502. The minimum Gasteiger partial charge on any atom is -0.508 e. The molecule has 0 aliphatic heterocycles. The highest BCUT2D eigenvalue weighted by Crippen LogP contribution is 2.11. The van der Waals surface area contributed by atoms with Crippen LogP contribution in [0.1, 0.15) is 31.2 Å². The number of unbranched alkanes of at least 4 members (excludes halogenated alkanes) is 2. The molecule has 0 aliphatic carbocycles. The van der Waals surface area contributed by atoms with Gasteiger partial charge < -0.3 is 15.5 Å². The number of hydrogen-bond acceptors (Lipinski definition) is 3. The number of nitrogens with one attached hydrogen (secondary N) is 1. The van der Waals surface area contributed by atoms with Crippen LogP contribution < -0.4 is 5.32 Å². The Morgan fingerprint density at radius 1 is 1.24 bits per heavy atom. The van der Waals surface area contributed by atoms with E-state index in [4.69, 9.17) is 11.5 Å². The van der Waals surface area contributed by atoms with Gasteiger partial charge in [-0.2, -0.15) is 0 Å². The predicted octanol–water partition coefficient (Wildman–Crippen LogP) is 1.70. The SMILES string of the molecule is C#CCCCCC(=O)NC(Cc1ccc(O)cc1)C(=O)O. The Kier molecular flexibility index (Phi) is 6.82. The predicted molar refractivity (Wildman–Crippen MR) is 78.7 cm³/mol. The van der Waals surface area contributed by atoms with Gasteiger partial charge in [-0.3, -0.25) is 4.79 Å². The van der Waals surface area contributed by atoms with Crippen molar-refractivity contribution in [3.05, 3.63) is 29.8 Å². The molecule has 0 aliphatic rings. The average molecular weight is 289 g/mol. The summed E-state index contributed by atoms with van der Waals surface area (Å²) in [5, 5.41) is 20.8. The van der Waals surface area contributed by atoms with Gasteiger partial charge in [-0.05, 0) is 30.5 Å². The molecule has 1 rings (SSSR count). The van der Waals surface area contributed by atoms with E-state index in [1.54, 1.807) is 12.1 Å². The fourth-order valence-corrected chi connectivity index (χ4v) is 1.85. The van der Waals surface area contributed by atoms with Crippen molar-refractivity contribution >= 4 is 11.9 Å². The standard InChI is InChI=1S/C16H19NO4/c1-2-3-4-5-6-15(19)17-14(16(20)21)11-12-7-9-13(18)10-8-12/h1,7-10,14,18H,3-6,11H2,(H,17,19)(H,20,21). The lowest BCUT2D eigenvalue weighted by molar-refractivity contribution is -0.141. The molecule has 0 saturated heterocycles. The molecule has 1 amide bonds. The number of carboxylic acid groups (broad SMARTS) is 1. The van der Waals surface area contributed by atoms with Crippen molar-refractivity contribution in [3.63, 3.8) is 0 Å². The van der Waals surface area contributed by atoms with Crippen LogP contribution in [0.5, 0.6) is 5.75 Å². The Balaban J connectivity index is 2.50. The van der Waals surface area contributed by atoms with Gasteiger partial charge in [0.15, 0.2) is 0 Å². The lowest BCUT2D eigenvalue weighted by atomic mass is 10.1. The summed E-state index contributed by atoms with van der Waals surface area (Å²) in [6.45, 7) is 0. The first-order valence-electron chi connectivity index (χ1n) is 6.76. The molecule has 1 unspecified atom stereocenters. The van der Waals surface area contributed by atoms with Gasteiger partial charge >= 0.3 is 5.97 Å². The topological polar surface area (TPSA) is 86.6 Å². The molecular weight excluding hydrogens is 270 g/mol. The van der Waals surface area contributed by atoms with E-state index in [9.17, 15) is 14.7 Å². The summed E-state index contributed by atoms with van der Waals surface area (Å²) in [5.74, 6) is 1.23. The zero-order valence-electron chi connectivity index (χ0n) is 11.7. The normalized spacial score (nSPS) is 11.4. The van der Waals surface area contributed by atoms with Gasteiger partial charge in [-0.25, -0.2) is 4.79 Å². The molecule has 5 heteroatoms. The van der Waals surface area contributed by atoms with Crippen LogP contribution in [0.2, 0.25) is 0 Å². The summed E-state index contributed by atoms with van der Waals surface area (Å²) >= 11 is 0. The maximum Gasteiger partial charge on any atom is 0.326 e. The Labute approximate surface area is 124 Å². The largest absolute Gasteiger partial charge is 0.508 e. The Hall–Kier alpha value is -2.48. The van der Waals surface area contributed by atoms with E-state index in [1.165, 1.54) is 12.1 Å². The molecule has 112 valence electrons. The highest BCUT2D eigenvalue weighted by molar-refractivity contribution is 5.83. The van der Waals surface area contributed by atoms with Crippen LogP contribution >= 0.6 is 0 Å². The van der Waals surface area contributed by atoms with E-state index in [-0.39, 0.29) is 24.5 Å². The number of benzene rings is 1. The van der Waals surface area contributed by atoms with E-state index >= 15 is 0 Å². The van der Waals surface area contributed by atoms with Gasteiger partial charge in [0, 0.05) is 19.3 Å². The van der Waals surface area contributed by atoms with Crippen molar-refractivity contribution in [2.45, 2.75) is 38.1 Å². The molecule has 3 N–H and O–H groups in total. The number of phenols is 1. The number of terminal acetylenes is 1.